The predicted molar refractivity (Wildman–Crippen MR) is 99.8 cm³/mol. The van der Waals surface area contributed by atoms with E-state index >= 15 is 0 Å². The second-order valence-electron chi connectivity index (χ2n) is 5.88. The summed E-state index contributed by atoms with van der Waals surface area (Å²) in [7, 11) is 2.81. The van der Waals surface area contributed by atoms with E-state index in [2.05, 4.69) is 15.9 Å². The molecule has 0 saturated carbocycles. The minimum absolute atomic E-state index is 0.103. The van der Waals surface area contributed by atoms with Gasteiger partial charge in [0.05, 0.1) is 20.0 Å². The summed E-state index contributed by atoms with van der Waals surface area (Å²) in [6.07, 6.45) is -4.90. The Balaban J connectivity index is 2.34. The van der Waals surface area contributed by atoms with Gasteiger partial charge in [-0.3, -0.25) is 5.01 Å². The first kappa shape index (κ1) is 22.3. The minimum Gasteiger partial charge on any atom is -0.503 e. The van der Waals surface area contributed by atoms with E-state index in [1.807, 2.05) is 0 Å². The fourth-order valence-corrected chi connectivity index (χ4v) is 3.85. The predicted octanol–water partition coefficient (Wildman–Crippen LogP) is 3.95. The Morgan fingerprint density at radius 1 is 1.36 bits per heavy atom. The molecule has 0 spiro atoms. The highest BCUT2D eigenvalue weighted by atomic mass is 79.9. The Morgan fingerprint density at radius 3 is 2.54 bits per heavy atom. The van der Waals surface area contributed by atoms with Crippen LogP contribution in [0.3, 0.4) is 0 Å². The molecule has 1 N–H and O–H groups in total. The summed E-state index contributed by atoms with van der Waals surface area (Å²) in [6.45, 7) is 1.81. The zero-order chi connectivity index (χ0) is 21.1. The lowest BCUT2D eigenvalue weighted by Gasteiger charge is -2.30. The number of hydrogen-bond donors (Lipinski definition) is 1. The molecule has 0 fully saturated rings. The average molecular weight is 465 g/mol. The molecule has 0 saturated heterocycles. The summed E-state index contributed by atoms with van der Waals surface area (Å²) < 4.78 is 51.0. The molecule has 1 aromatic carbocycles. The second kappa shape index (κ2) is 8.97. The molecular formula is C18H20BrF3N2O4. The molecule has 0 bridgehead atoms. The second-order valence-corrected chi connectivity index (χ2v) is 6.64. The van der Waals surface area contributed by atoms with Crippen molar-refractivity contribution in [2.24, 2.45) is 0 Å². The first-order valence-electron chi connectivity index (χ1n) is 8.26. The van der Waals surface area contributed by atoms with Crippen LogP contribution in [0.2, 0.25) is 0 Å². The van der Waals surface area contributed by atoms with Crippen LogP contribution in [0.15, 0.2) is 40.7 Å². The van der Waals surface area contributed by atoms with Gasteiger partial charge in [-0.1, -0.05) is 24.3 Å². The lowest BCUT2D eigenvalue weighted by atomic mass is 10.0. The summed E-state index contributed by atoms with van der Waals surface area (Å²) >= 11 is 3.01. The number of carbonyl (C=O) groups is 1. The molecular weight excluding hydrogens is 445 g/mol. The molecule has 0 aromatic heterocycles. The third kappa shape index (κ3) is 4.50. The number of ether oxygens (including phenoxy) is 2. The van der Waals surface area contributed by atoms with Crippen molar-refractivity contribution in [1.82, 2.24) is 10.0 Å². The zero-order valence-corrected chi connectivity index (χ0v) is 17.0. The number of carboxylic acid groups (broad SMARTS) is 1. The lowest BCUT2D eigenvalue weighted by Crippen LogP contribution is -2.41. The maximum Gasteiger partial charge on any atom is 0.419 e. The monoisotopic (exact) mass is 464 g/mol. The van der Waals surface area contributed by atoms with Crippen LogP contribution in [0.4, 0.5) is 13.2 Å². The fourth-order valence-electron chi connectivity index (χ4n) is 2.93. The third-order valence-electron chi connectivity index (χ3n) is 4.19. The van der Waals surface area contributed by atoms with Crippen LogP contribution in [-0.2, 0) is 20.9 Å². The Labute approximate surface area is 168 Å². The van der Waals surface area contributed by atoms with Crippen LogP contribution in [0.1, 0.15) is 18.1 Å². The molecule has 28 heavy (non-hydrogen) atoms. The summed E-state index contributed by atoms with van der Waals surface area (Å²) in [5.41, 5.74) is -0.236. The number of methoxy groups -OCH3 is 1. The van der Waals surface area contributed by atoms with Crippen LogP contribution in [-0.4, -0.2) is 54.2 Å². The highest BCUT2D eigenvalue weighted by molar-refractivity contribution is 9.11. The standard InChI is InChI=1S/C18H20BrF3N2O4/c1-4-24-15(19)14(18(20,21)22)16(23(24)2)28-9-11-7-5-6-8-12(11)13(10-27-3)17(25)26/h5-8,10,16H,4,9H2,1-3H3,(H,25,26)/b13-10+. The van der Waals surface area contributed by atoms with Crippen molar-refractivity contribution < 1.29 is 32.5 Å². The van der Waals surface area contributed by atoms with Crippen molar-refractivity contribution in [3.05, 3.63) is 51.8 Å². The zero-order valence-electron chi connectivity index (χ0n) is 15.5. The van der Waals surface area contributed by atoms with E-state index in [0.29, 0.717) is 17.7 Å². The number of rotatable bonds is 7. The van der Waals surface area contributed by atoms with Crippen molar-refractivity contribution in [2.45, 2.75) is 25.9 Å². The van der Waals surface area contributed by atoms with Crippen molar-refractivity contribution in [2.75, 3.05) is 20.7 Å². The highest BCUT2D eigenvalue weighted by Crippen LogP contribution is 2.42. The molecule has 154 valence electrons. The normalized spacial score (nSPS) is 18.8. The summed E-state index contributed by atoms with van der Waals surface area (Å²) in [4.78, 5) is 11.5. The number of alkyl halides is 3. The number of hydrogen-bond acceptors (Lipinski definition) is 5. The lowest BCUT2D eigenvalue weighted by molar-refractivity contribution is -0.145. The fraction of sp³-hybridized carbons (Fsp3) is 0.389. The SMILES string of the molecule is CCN1C(Br)=C(C(F)(F)F)C(OCc2ccccc2/C(=C\OC)C(=O)O)N1C. The number of benzene rings is 1. The van der Waals surface area contributed by atoms with Gasteiger partial charge in [0, 0.05) is 13.6 Å². The van der Waals surface area contributed by atoms with Crippen molar-refractivity contribution in [3.8, 4) is 0 Å². The number of aliphatic carboxylic acids is 1. The molecule has 0 amide bonds. The molecule has 1 unspecified atom stereocenters. The van der Waals surface area contributed by atoms with Crippen molar-refractivity contribution in [1.29, 1.82) is 0 Å². The van der Waals surface area contributed by atoms with Gasteiger partial charge in [-0.15, -0.1) is 0 Å². The van der Waals surface area contributed by atoms with Gasteiger partial charge in [0.1, 0.15) is 15.8 Å². The molecule has 2 rings (SSSR count). The van der Waals surface area contributed by atoms with Gasteiger partial charge in [0.15, 0.2) is 6.23 Å². The molecule has 6 nitrogen and oxygen atoms in total. The molecule has 1 aliphatic rings. The maximum atomic E-state index is 13.6. The van der Waals surface area contributed by atoms with E-state index < -0.39 is 23.9 Å². The molecule has 1 atom stereocenters. The Morgan fingerprint density at radius 2 is 2.00 bits per heavy atom. The van der Waals surface area contributed by atoms with Crippen LogP contribution < -0.4 is 0 Å². The van der Waals surface area contributed by atoms with Crippen LogP contribution in [0.25, 0.3) is 5.57 Å². The van der Waals surface area contributed by atoms with E-state index in [-0.39, 0.29) is 16.8 Å². The number of hydrazine groups is 1. The first-order valence-corrected chi connectivity index (χ1v) is 9.06. The van der Waals surface area contributed by atoms with Gasteiger partial charge in [0.2, 0.25) is 0 Å². The average Bonchev–Trinajstić information content (AvgIpc) is 2.87. The number of nitrogens with zero attached hydrogens (tertiary/aromatic N) is 2. The van der Waals surface area contributed by atoms with Crippen molar-refractivity contribution in [3.63, 3.8) is 0 Å². The van der Waals surface area contributed by atoms with Crippen LogP contribution in [0, 0.1) is 0 Å². The Kier molecular flexibility index (Phi) is 7.13. The van der Waals surface area contributed by atoms with E-state index in [4.69, 9.17) is 9.47 Å². The van der Waals surface area contributed by atoms with Crippen molar-refractivity contribution >= 4 is 27.5 Å². The van der Waals surface area contributed by atoms with Crippen LogP contribution >= 0.6 is 15.9 Å². The summed E-state index contributed by atoms with van der Waals surface area (Å²) in [5, 5.41) is 12.1. The Bertz CT molecular complexity index is 795. The molecule has 1 heterocycles. The first-order chi connectivity index (χ1) is 13.1. The molecule has 0 radical (unpaired) electrons. The van der Waals surface area contributed by atoms with Gasteiger partial charge in [-0.25, -0.2) is 4.79 Å². The van der Waals surface area contributed by atoms with E-state index in [1.165, 1.54) is 24.2 Å². The third-order valence-corrected chi connectivity index (χ3v) is 5.03. The van der Waals surface area contributed by atoms with E-state index in [9.17, 15) is 23.1 Å². The quantitative estimate of drug-likeness (QED) is 0.374. The van der Waals surface area contributed by atoms with E-state index in [1.54, 1.807) is 31.2 Å². The van der Waals surface area contributed by atoms with Gasteiger partial charge in [-0.05, 0) is 34.0 Å². The summed E-state index contributed by atoms with van der Waals surface area (Å²) in [5.74, 6) is -1.22. The highest BCUT2D eigenvalue weighted by Gasteiger charge is 2.49. The van der Waals surface area contributed by atoms with E-state index in [0.717, 1.165) is 6.26 Å². The molecule has 0 aliphatic carbocycles. The molecule has 1 aliphatic heterocycles. The maximum absolute atomic E-state index is 13.6. The Hall–Kier alpha value is -2.04. The van der Waals surface area contributed by atoms with Gasteiger partial charge >= 0.3 is 12.1 Å². The van der Waals surface area contributed by atoms with Gasteiger partial charge in [-0.2, -0.15) is 18.2 Å². The number of carboxylic acids is 1. The smallest absolute Gasteiger partial charge is 0.419 e. The number of likely N-dealkylation sites (N-methyl/N-ethyl adjacent to an activating group) is 1. The van der Waals surface area contributed by atoms with Gasteiger partial charge in [0.25, 0.3) is 0 Å². The minimum atomic E-state index is -4.59. The molecule has 10 heteroatoms. The topological polar surface area (TPSA) is 62.2 Å². The molecule has 1 aromatic rings. The summed E-state index contributed by atoms with van der Waals surface area (Å²) in [6, 6.07) is 6.43. The van der Waals surface area contributed by atoms with Gasteiger partial charge < -0.3 is 14.6 Å². The number of halogens is 4. The van der Waals surface area contributed by atoms with Crippen LogP contribution in [0.5, 0.6) is 0 Å². The largest absolute Gasteiger partial charge is 0.503 e.